The Kier molecular flexibility index (Phi) is 4.15. The maximum Gasteiger partial charge on any atom is 0.494 e. The first-order chi connectivity index (χ1) is 9.71. The van der Waals surface area contributed by atoms with Crippen LogP contribution in [0.15, 0.2) is 18.2 Å². The number of methoxy groups -OCH3 is 1. The molecule has 1 aliphatic heterocycles. The summed E-state index contributed by atoms with van der Waals surface area (Å²) in [5.74, 6) is -0.473. The van der Waals surface area contributed by atoms with E-state index in [9.17, 15) is 9.90 Å². The summed E-state index contributed by atoms with van der Waals surface area (Å²) in [6, 6.07) is 5.10. The van der Waals surface area contributed by atoms with Crippen molar-refractivity contribution >= 4 is 18.6 Å². The lowest BCUT2D eigenvalue weighted by Gasteiger charge is -2.32. The first-order valence-corrected chi connectivity index (χ1v) is 6.89. The van der Waals surface area contributed by atoms with E-state index in [2.05, 4.69) is 0 Å². The number of aliphatic hydroxyl groups is 1. The van der Waals surface area contributed by atoms with Crippen molar-refractivity contribution in [3.63, 3.8) is 0 Å². The van der Waals surface area contributed by atoms with E-state index >= 15 is 0 Å². The Labute approximate surface area is 125 Å². The molecule has 0 saturated carbocycles. The van der Waals surface area contributed by atoms with Gasteiger partial charge in [-0.2, -0.15) is 0 Å². The molecule has 0 amide bonds. The molecule has 2 rings (SSSR count). The van der Waals surface area contributed by atoms with E-state index in [4.69, 9.17) is 14.0 Å². The molecule has 1 fully saturated rings. The third-order valence-electron chi connectivity index (χ3n) is 4.23. The van der Waals surface area contributed by atoms with Crippen molar-refractivity contribution in [2.75, 3.05) is 7.11 Å². The number of hydrogen-bond donors (Lipinski definition) is 1. The smallest absolute Gasteiger partial charge is 0.465 e. The second kappa shape index (κ2) is 5.44. The van der Waals surface area contributed by atoms with Crippen LogP contribution in [0.5, 0.6) is 0 Å². The number of esters is 1. The van der Waals surface area contributed by atoms with Crippen LogP contribution < -0.4 is 5.46 Å². The molecule has 0 unspecified atom stereocenters. The molecule has 1 aliphatic rings. The Morgan fingerprint density at radius 3 is 2.29 bits per heavy atom. The molecule has 0 atom stereocenters. The van der Waals surface area contributed by atoms with Crippen LogP contribution in [0.4, 0.5) is 0 Å². The molecular formula is C15H21BO5. The van der Waals surface area contributed by atoms with Gasteiger partial charge in [-0.1, -0.05) is 12.1 Å². The van der Waals surface area contributed by atoms with Gasteiger partial charge in [0, 0.05) is 0 Å². The van der Waals surface area contributed by atoms with Crippen molar-refractivity contribution < 1.29 is 23.9 Å². The van der Waals surface area contributed by atoms with Crippen LogP contribution in [0, 0.1) is 0 Å². The summed E-state index contributed by atoms with van der Waals surface area (Å²) in [6.45, 7) is 7.65. The van der Waals surface area contributed by atoms with Crippen molar-refractivity contribution in [2.45, 2.75) is 45.5 Å². The third-order valence-corrected chi connectivity index (χ3v) is 4.23. The monoisotopic (exact) mass is 292 g/mol. The minimum Gasteiger partial charge on any atom is -0.465 e. The number of rotatable bonds is 3. The average molecular weight is 292 g/mol. The Hall–Kier alpha value is -1.37. The zero-order chi connectivity index (χ0) is 15.8. The number of aliphatic hydroxyl groups excluding tert-OH is 1. The number of carbonyl (C=O) groups excluding carboxylic acids is 1. The summed E-state index contributed by atoms with van der Waals surface area (Å²) in [5.41, 5.74) is 0.746. The fourth-order valence-corrected chi connectivity index (χ4v) is 2.18. The minimum atomic E-state index is -0.521. The fraction of sp³-hybridized carbons (Fsp3) is 0.533. The maximum absolute atomic E-state index is 11.6. The van der Waals surface area contributed by atoms with Gasteiger partial charge in [-0.15, -0.1) is 0 Å². The molecule has 5 nitrogen and oxygen atoms in total. The van der Waals surface area contributed by atoms with Crippen LogP contribution in [0.1, 0.15) is 43.6 Å². The molecule has 114 valence electrons. The highest BCUT2D eigenvalue weighted by atomic mass is 16.7. The molecule has 1 aromatic carbocycles. The van der Waals surface area contributed by atoms with Crippen LogP contribution in [0.25, 0.3) is 0 Å². The summed E-state index contributed by atoms with van der Waals surface area (Å²) in [5, 5.41) is 9.45. The van der Waals surface area contributed by atoms with Crippen LogP contribution in [-0.2, 0) is 20.7 Å². The van der Waals surface area contributed by atoms with Crippen LogP contribution in [-0.4, -0.2) is 36.5 Å². The molecular weight excluding hydrogens is 271 g/mol. The van der Waals surface area contributed by atoms with Crippen molar-refractivity contribution in [3.8, 4) is 0 Å². The number of hydrogen-bond acceptors (Lipinski definition) is 5. The van der Waals surface area contributed by atoms with Gasteiger partial charge < -0.3 is 19.2 Å². The number of benzene rings is 1. The van der Waals surface area contributed by atoms with Gasteiger partial charge in [-0.05, 0) is 44.8 Å². The Morgan fingerprint density at radius 1 is 1.24 bits per heavy atom. The summed E-state index contributed by atoms with van der Waals surface area (Å²) in [6.07, 6.45) is 0. The summed E-state index contributed by atoms with van der Waals surface area (Å²) in [4.78, 5) is 11.6. The first kappa shape index (κ1) is 16.0. The van der Waals surface area contributed by atoms with Gasteiger partial charge in [0.15, 0.2) is 0 Å². The third kappa shape index (κ3) is 2.84. The van der Waals surface area contributed by atoms with Gasteiger partial charge in [0.25, 0.3) is 0 Å². The van der Waals surface area contributed by atoms with Crippen molar-refractivity contribution in [1.29, 1.82) is 0 Å². The minimum absolute atomic E-state index is 0.252. The lowest BCUT2D eigenvalue weighted by Crippen LogP contribution is -2.41. The highest BCUT2D eigenvalue weighted by Gasteiger charge is 2.51. The molecule has 1 saturated heterocycles. The second-order valence-corrected chi connectivity index (χ2v) is 6.15. The fourth-order valence-electron chi connectivity index (χ4n) is 2.18. The highest BCUT2D eigenvalue weighted by molar-refractivity contribution is 6.62. The Bertz CT molecular complexity index is 537. The van der Waals surface area contributed by atoms with Crippen molar-refractivity contribution in [1.82, 2.24) is 0 Å². The van der Waals surface area contributed by atoms with Gasteiger partial charge >= 0.3 is 13.1 Å². The van der Waals surface area contributed by atoms with E-state index in [0.717, 1.165) is 5.46 Å². The van der Waals surface area contributed by atoms with E-state index in [-0.39, 0.29) is 6.61 Å². The molecule has 1 heterocycles. The van der Waals surface area contributed by atoms with Gasteiger partial charge in [0.1, 0.15) is 0 Å². The SMILES string of the molecule is COC(=O)c1ccc(B2OC(C)(C)C(C)(C)O2)cc1CO. The molecule has 0 bridgehead atoms. The van der Waals surface area contributed by atoms with Gasteiger partial charge in [-0.25, -0.2) is 4.79 Å². The summed E-state index contributed by atoms with van der Waals surface area (Å²) >= 11 is 0. The largest absolute Gasteiger partial charge is 0.494 e. The molecule has 0 radical (unpaired) electrons. The van der Waals surface area contributed by atoms with Crippen molar-refractivity contribution in [2.24, 2.45) is 0 Å². The predicted molar refractivity (Wildman–Crippen MR) is 79.4 cm³/mol. The summed E-state index contributed by atoms with van der Waals surface area (Å²) in [7, 11) is 0.790. The molecule has 0 aromatic heterocycles. The number of ether oxygens (including phenoxy) is 1. The van der Waals surface area contributed by atoms with Gasteiger partial charge in [0.2, 0.25) is 0 Å². The lowest BCUT2D eigenvalue weighted by molar-refractivity contribution is 0.00578. The predicted octanol–water partition coefficient (Wildman–Crippen LogP) is 1.26. The number of carbonyl (C=O) groups is 1. The Balaban J connectivity index is 2.33. The standard InChI is InChI=1S/C15H21BO5/c1-14(2)15(3,4)21-16(20-14)11-6-7-12(13(18)19-5)10(8-11)9-17/h6-8,17H,9H2,1-5H3. The van der Waals surface area contributed by atoms with E-state index in [1.807, 2.05) is 27.7 Å². The van der Waals surface area contributed by atoms with Crippen LogP contribution >= 0.6 is 0 Å². The maximum atomic E-state index is 11.6. The summed E-state index contributed by atoms with van der Waals surface area (Å²) < 4.78 is 16.6. The molecule has 6 heteroatoms. The highest BCUT2D eigenvalue weighted by Crippen LogP contribution is 2.36. The molecule has 1 aromatic rings. The van der Waals surface area contributed by atoms with E-state index in [1.165, 1.54) is 7.11 Å². The average Bonchev–Trinajstić information content (AvgIpc) is 2.66. The molecule has 21 heavy (non-hydrogen) atoms. The van der Waals surface area contributed by atoms with Gasteiger partial charge in [-0.3, -0.25) is 0 Å². The molecule has 1 N–H and O–H groups in total. The zero-order valence-electron chi connectivity index (χ0n) is 13.1. The van der Waals surface area contributed by atoms with E-state index < -0.39 is 24.3 Å². The first-order valence-electron chi connectivity index (χ1n) is 6.89. The van der Waals surface area contributed by atoms with Crippen LogP contribution in [0.2, 0.25) is 0 Å². The molecule has 0 spiro atoms. The van der Waals surface area contributed by atoms with Gasteiger partial charge in [0.05, 0.1) is 30.5 Å². The quantitative estimate of drug-likeness (QED) is 0.671. The topological polar surface area (TPSA) is 65.0 Å². The van der Waals surface area contributed by atoms with E-state index in [1.54, 1.807) is 18.2 Å². The Morgan fingerprint density at radius 2 is 1.81 bits per heavy atom. The van der Waals surface area contributed by atoms with Crippen molar-refractivity contribution in [3.05, 3.63) is 29.3 Å². The lowest BCUT2D eigenvalue weighted by atomic mass is 9.77. The van der Waals surface area contributed by atoms with Crippen LogP contribution in [0.3, 0.4) is 0 Å². The molecule has 0 aliphatic carbocycles. The zero-order valence-corrected chi connectivity index (χ0v) is 13.1. The second-order valence-electron chi connectivity index (χ2n) is 6.15. The normalized spacial score (nSPS) is 19.6. The van der Waals surface area contributed by atoms with E-state index in [0.29, 0.717) is 11.1 Å².